The summed E-state index contributed by atoms with van der Waals surface area (Å²) >= 11 is 4.97. The standard InChI is InChI=1S/C10H14BrNOS/c1-2-3-4-12-10(13)6-9-5-8(11)7-14-9/h5,7H,2-4,6H2,1H3,(H,12,13). The molecule has 0 bridgehead atoms. The van der Waals surface area contributed by atoms with Crippen LogP contribution in [0.15, 0.2) is 15.9 Å². The second-order valence-corrected chi connectivity index (χ2v) is 5.02. The zero-order chi connectivity index (χ0) is 10.4. The average molecular weight is 276 g/mol. The van der Waals surface area contributed by atoms with Gasteiger partial charge in [0, 0.05) is 21.3 Å². The monoisotopic (exact) mass is 275 g/mol. The fourth-order valence-corrected chi connectivity index (χ4v) is 2.52. The maximum atomic E-state index is 11.4. The summed E-state index contributed by atoms with van der Waals surface area (Å²) in [5, 5.41) is 4.89. The van der Waals surface area contributed by atoms with Gasteiger partial charge in [0.1, 0.15) is 0 Å². The van der Waals surface area contributed by atoms with E-state index in [0.29, 0.717) is 6.42 Å². The van der Waals surface area contributed by atoms with E-state index >= 15 is 0 Å². The highest BCUT2D eigenvalue weighted by atomic mass is 79.9. The molecule has 0 aliphatic carbocycles. The van der Waals surface area contributed by atoms with Gasteiger partial charge in [-0.1, -0.05) is 13.3 Å². The minimum absolute atomic E-state index is 0.118. The molecule has 78 valence electrons. The average Bonchev–Trinajstić information content (AvgIpc) is 2.52. The highest BCUT2D eigenvalue weighted by Crippen LogP contribution is 2.19. The summed E-state index contributed by atoms with van der Waals surface area (Å²) in [6.07, 6.45) is 2.67. The number of carbonyl (C=O) groups excluding carboxylic acids is 1. The molecule has 0 fully saturated rings. The molecule has 1 aromatic heterocycles. The molecule has 0 radical (unpaired) electrons. The van der Waals surface area contributed by atoms with Crippen LogP contribution in [0, 0.1) is 0 Å². The number of hydrogen-bond donors (Lipinski definition) is 1. The SMILES string of the molecule is CCCCNC(=O)Cc1cc(Br)cs1. The second kappa shape index (κ2) is 6.19. The minimum Gasteiger partial charge on any atom is -0.356 e. The van der Waals surface area contributed by atoms with Gasteiger partial charge in [-0.2, -0.15) is 0 Å². The lowest BCUT2D eigenvalue weighted by molar-refractivity contribution is -0.120. The van der Waals surface area contributed by atoms with Crippen molar-refractivity contribution in [2.24, 2.45) is 0 Å². The topological polar surface area (TPSA) is 29.1 Å². The molecule has 2 nitrogen and oxygen atoms in total. The molecule has 1 heterocycles. The van der Waals surface area contributed by atoms with Crippen LogP contribution in [0.2, 0.25) is 0 Å². The first-order valence-electron chi connectivity index (χ1n) is 4.72. The largest absolute Gasteiger partial charge is 0.356 e. The highest BCUT2D eigenvalue weighted by molar-refractivity contribution is 9.10. The maximum Gasteiger partial charge on any atom is 0.225 e. The molecule has 0 spiro atoms. The van der Waals surface area contributed by atoms with Gasteiger partial charge in [0.05, 0.1) is 6.42 Å². The Kier molecular flexibility index (Phi) is 5.19. The molecule has 1 amide bonds. The van der Waals surface area contributed by atoms with Gasteiger partial charge < -0.3 is 5.32 Å². The van der Waals surface area contributed by atoms with Crippen LogP contribution in [0.4, 0.5) is 0 Å². The van der Waals surface area contributed by atoms with E-state index < -0.39 is 0 Å². The van der Waals surface area contributed by atoms with Gasteiger partial charge in [-0.05, 0) is 28.4 Å². The lowest BCUT2D eigenvalue weighted by Crippen LogP contribution is -2.25. The van der Waals surface area contributed by atoms with Crippen LogP contribution in [0.25, 0.3) is 0 Å². The molecule has 0 saturated carbocycles. The predicted molar refractivity (Wildman–Crippen MR) is 63.6 cm³/mol. The molecule has 0 saturated heterocycles. The van der Waals surface area contributed by atoms with E-state index in [0.717, 1.165) is 28.7 Å². The Morgan fingerprint density at radius 2 is 2.43 bits per heavy atom. The van der Waals surface area contributed by atoms with Crippen molar-refractivity contribution < 1.29 is 4.79 Å². The van der Waals surface area contributed by atoms with Crippen molar-refractivity contribution in [1.82, 2.24) is 5.32 Å². The number of carbonyl (C=O) groups is 1. The van der Waals surface area contributed by atoms with E-state index in [1.807, 2.05) is 11.4 Å². The van der Waals surface area contributed by atoms with Crippen molar-refractivity contribution in [2.75, 3.05) is 6.54 Å². The summed E-state index contributed by atoms with van der Waals surface area (Å²) in [5.41, 5.74) is 0. The number of halogens is 1. The van der Waals surface area contributed by atoms with E-state index in [9.17, 15) is 4.79 Å². The van der Waals surface area contributed by atoms with E-state index in [2.05, 4.69) is 28.2 Å². The van der Waals surface area contributed by atoms with Gasteiger partial charge >= 0.3 is 0 Å². The Hall–Kier alpha value is -0.350. The van der Waals surface area contributed by atoms with E-state index in [4.69, 9.17) is 0 Å². The lowest BCUT2D eigenvalue weighted by Gasteiger charge is -2.01. The molecule has 14 heavy (non-hydrogen) atoms. The van der Waals surface area contributed by atoms with Gasteiger partial charge in [0.15, 0.2) is 0 Å². The number of hydrogen-bond acceptors (Lipinski definition) is 2. The molecule has 0 atom stereocenters. The normalized spacial score (nSPS) is 10.1. The molecule has 1 rings (SSSR count). The summed E-state index contributed by atoms with van der Waals surface area (Å²) in [5.74, 6) is 0.118. The van der Waals surface area contributed by atoms with Crippen LogP contribution in [0.3, 0.4) is 0 Å². The van der Waals surface area contributed by atoms with Crippen molar-refractivity contribution in [3.8, 4) is 0 Å². The van der Waals surface area contributed by atoms with E-state index in [1.54, 1.807) is 11.3 Å². The summed E-state index contributed by atoms with van der Waals surface area (Å²) < 4.78 is 1.05. The maximum absolute atomic E-state index is 11.4. The van der Waals surface area contributed by atoms with Gasteiger partial charge in [-0.25, -0.2) is 0 Å². The number of rotatable bonds is 5. The van der Waals surface area contributed by atoms with Crippen LogP contribution in [-0.2, 0) is 11.2 Å². The lowest BCUT2D eigenvalue weighted by atomic mass is 10.3. The highest BCUT2D eigenvalue weighted by Gasteiger charge is 2.04. The summed E-state index contributed by atoms with van der Waals surface area (Å²) in [4.78, 5) is 12.5. The van der Waals surface area contributed by atoms with Gasteiger partial charge in [0.2, 0.25) is 5.91 Å². The molecular formula is C10H14BrNOS. The summed E-state index contributed by atoms with van der Waals surface area (Å²) in [6.45, 7) is 2.91. The molecule has 0 aromatic carbocycles. The van der Waals surface area contributed by atoms with Crippen molar-refractivity contribution in [2.45, 2.75) is 26.2 Å². The Balaban J connectivity index is 2.27. The quantitative estimate of drug-likeness (QED) is 0.823. The number of thiophene rings is 1. The summed E-state index contributed by atoms with van der Waals surface area (Å²) in [6, 6.07) is 1.99. The van der Waals surface area contributed by atoms with Crippen LogP contribution < -0.4 is 5.32 Å². The van der Waals surface area contributed by atoms with Gasteiger partial charge in [-0.3, -0.25) is 4.79 Å². The molecule has 0 aliphatic heterocycles. The van der Waals surface area contributed by atoms with Gasteiger partial charge in [0.25, 0.3) is 0 Å². The van der Waals surface area contributed by atoms with Gasteiger partial charge in [-0.15, -0.1) is 11.3 Å². The third-order valence-electron chi connectivity index (χ3n) is 1.81. The summed E-state index contributed by atoms with van der Waals surface area (Å²) in [7, 11) is 0. The first kappa shape index (κ1) is 11.7. The zero-order valence-corrected chi connectivity index (χ0v) is 10.6. The van der Waals surface area contributed by atoms with Crippen molar-refractivity contribution in [1.29, 1.82) is 0 Å². The first-order valence-corrected chi connectivity index (χ1v) is 6.39. The fourth-order valence-electron chi connectivity index (χ4n) is 1.07. The molecule has 0 aliphatic rings. The smallest absolute Gasteiger partial charge is 0.225 e. The van der Waals surface area contributed by atoms with E-state index in [1.165, 1.54) is 0 Å². The van der Waals surface area contributed by atoms with Crippen LogP contribution in [-0.4, -0.2) is 12.5 Å². The molecule has 1 N–H and O–H groups in total. The molecular weight excluding hydrogens is 262 g/mol. The molecule has 4 heteroatoms. The van der Waals surface area contributed by atoms with Crippen molar-refractivity contribution in [3.63, 3.8) is 0 Å². The Bertz CT molecular complexity index is 298. The van der Waals surface area contributed by atoms with E-state index in [-0.39, 0.29) is 5.91 Å². The minimum atomic E-state index is 0.118. The van der Waals surface area contributed by atoms with Crippen LogP contribution in [0.5, 0.6) is 0 Å². The van der Waals surface area contributed by atoms with Crippen LogP contribution >= 0.6 is 27.3 Å². The second-order valence-electron chi connectivity index (χ2n) is 3.11. The Morgan fingerprint density at radius 3 is 3.00 bits per heavy atom. The number of amides is 1. The predicted octanol–water partition coefficient (Wildman–Crippen LogP) is 2.97. The van der Waals surface area contributed by atoms with Crippen molar-refractivity contribution >= 4 is 33.2 Å². The first-order chi connectivity index (χ1) is 6.72. The zero-order valence-electron chi connectivity index (χ0n) is 8.18. The number of nitrogens with one attached hydrogen (secondary N) is 1. The third kappa shape index (κ3) is 4.24. The fraction of sp³-hybridized carbons (Fsp3) is 0.500. The third-order valence-corrected chi connectivity index (χ3v) is 3.51. The Morgan fingerprint density at radius 1 is 1.64 bits per heavy atom. The Labute approximate surface area is 96.8 Å². The number of unbranched alkanes of at least 4 members (excludes halogenated alkanes) is 1. The van der Waals surface area contributed by atoms with Crippen molar-refractivity contribution in [3.05, 3.63) is 20.8 Å². The molecule has 0 unspecified atom stereocenters. The van der Waals surface area contributed by atoms with Crippen LogP contribution in [0.1, 0.15) is 24.6 Å². The molecule has 1 aromatic rings.